The number of nitrogens with two attached hydrogens (primary N) is 1. The minimum absolute atomic E-state index is 0.0791. The van der Waals surface area contributed by atoms with Crippen molar-refractivity contribution in [3.63, 3.8) is 0 Å². The Morgan fingerprint density at radius 1 is 1.03 bits per heavy atom. The van der Waals surface area contributed by atoms with Crippen molar-refractivity contribution in [2.75, 3.05) is 11.9 Å². The highest BCUT2D eigenvalue weighted by atomic mass is 16.3. The van der Waals surface area contributed by atoms with E-state index in [0.717, 1.165) is 12.0 Å². The van der Waals surface area contributed by atoms with Crippen LogP contribution in [0, 0.1) is 11.3 Å². The zero-order chi connectivity index (χ0) is 26.8. The van der Waals surface area contributed by atoms with E-state index >= 15 is 0 Å². The van der Waals surface area contributed by atoms with E-state index in [-0.39, 0.29) is 43.2 Å². The number of hydrogen-bond acceptors (Lipinski definition) is 5. The number of primary amides is 1. The molecule has 1 fully saturated rings. The summed E-state index contributed by atoms with van der Waals surface area (Å²) < 4.78 is 0. The van der Waals surface area contributed by atoms with Crippen LogP contribution in [0.25, 0.3) is 0 Å². The number of amides is 4. The molecule has 37 heavy (non-hydrogen) atoms. The molecule has 0 heterocycles. The van der Waals surface area contributed by atoms with Crippen LogP contribution >= 0.6 is 0 Å². The fourth-order valence-electron chi connectivity index (χ4n) is 4.57. The van der Waals surface area contributed by atoms with E-state index in [2.05, 4.69) is 16.0 Å². The summed E-state index contributed by atoms with van der Waals surface area (Å²) in [4.78, 5) is 51.0. The Kier molecular flexibility index (Phi) is 9.79. The molecule has 0 saturated heterocycles. The number of ketones is 1. The topological polar surface area (TPSA) is 151 Å². The molecular weight excluding hydrogens is 472 g/mol. The number of urea groups is 1. The molecule has 1 aliphatic carbocycles. The normalized spacial score (nSPS) is 15.5. The Labute approximate surface area is 217 Å². The zero-order valence-corrected chi connectivity index (χ0v) is 21.2. The summed E-state index contributed by atoms with van der Waals surface area (Å²) >= 11 is 0. The molecule has 2 aromatic rings. The highest BCUT2D eigenvalue weighted by molar-refractivity contribution is 6.08. The van der Waals surface area contributed by atoms with Gasteiger partial charge >= 0.3 is 6.03 Å². The molecule has 1 saturated carbocycles. The second kappa shape index (κ2) is 13.0. The number of hydrogen-bond donors (Lipinski definition) is 5. The van der Waals surface area contributed by atoms with Crippen LogP contribution in [0.3, 0.4) is 0 Å². The third-order valence-electron chi connectivity index (χ3n) is 7.06. The number of anilines is 1. The molecule has 198 valence electrons. The van der Waals surface area contributed by atoms with Crippen molar-refractivity contribution in [2.24, 2.45) is 17.1 Å². The van der Waals surface area contributed by atoms with Crippen LogP contribution < -0.4 is 21.7 Å². The average Bonchev–Trinajstić information content (AvgIpc) is 2.86. The minimum Gasteiger partial charge on any atom is -0.392 e. The van der Waals surface area contributed by atoms with E-state index in [9.17, 15) is 24.3 Å². The molecule has 0 aliphatic heterocycles. The summed E-state index contributed by atoms with van der Waals surface area (Å²) in [6, 6.07) is 15.4. The molecule has 2 aromatic carbocycles. The van der Waals surface area contributed by atoms with Crippen LogP contribution in [0.5, 0.6) is 0 Å². The summed E-state index contributed by atoms with van der Waals surface area (Å²) in [5, 5.41) is 17.6. The van der Waals surface area contributed by atoms with Gasteiger partial charge in [-0.05, 0) is 55.9 Å². The SMILES string of the molecule is C[C@@H](NC(=O)C1(C(=O)C[C@@H](CCCNC(N)=O)C(=O)Nc2ccc(CO)cc2)CCC1)c1ccccc1. The molecule has 9 heteroatoms. The quantitative estimate of drug-likeness (QED) is 0.208. The number of aliphatic hydroxyl groups is 1. The molecule has 9 nitrogen and oxygen atoms in total. The lowest BCUT2D eigenvalue weighted by Crippen LogP contribution is -2.52. The number of aliphatic hydroxyl groups excluding tert-OH is 1. The van der Waals surface area contributed by atoms with Gasteiger partial charge in [-0.15, -0.1) is 0 Å². The van der Waals surface area contributed by atoms with Crippen LogP contribution in [0.15, 0.2) is 54.6 Å². The smallest absolute Gasteiger partial charge is 0.312 e. The van der Waals surface area contributed by atoms with Gasteiger partial charge in [-0.1, -0.05) is 48.9 Å². The van der Waals surface area contributed by atoms with E-state index in [4.69, 9.17) is 5.73 Å². The molecule has 3 rings (SSSR count). The van der Waals surface area contributed by atoms with Crippen LogP contribution in [-0.2, 0) is 21.0 Å². The van der Waals surface area contributed by atoms with E-state index in [1.165, 1.54) is 0 Å². The minimum atomic E-state index is -1.13. The second-order valence-electron chi connectivity index (χ2n) is 9.64. The van der Waals surface area contributed by atoms with Gasteiger partial charge in [0.2, 0.25) is 11.8 Å². The van der Waals surface area contributed by atoms with Crippen molar-refractivity contribution >= 4 is 29.3 Å². The Bertz CT molecular complexity index is 1080. The number of rotatable bonds is 13. The van der Waals surface area contributed by atoms with Gasteiger partial charge < -0.3 is 26.8 Å². The Morgan fingerprint density at radius 2 is 1.70 bits per heavy atom. The summed E-state index contributed by atoms with van der Waals surface area (Å²) in [7, 11) is 0. The number of Topliss-reactive ketones (excluding diaryl/α,β-unsaturated/α-hetero) is 1. The van der Waals surface area contributed by atoms with Gasteiger partial charge in [0.25, 0.3) is 0 Å². The van der Waals surface area contributed by atoms with E-state index in [0.29, 0.717) is 36.9 Å². The Balaban J connectivity index is 1.69. The standard InChI is InChI=1S/C28H36N4O5/c1-19(21-7-3-2-4-8-21)31-26(36)28(14-6-15-28)24(34)17-22(9-5-16-30-27(29)37)25(35)32-23-12-10-20(18-33)11-13-23/h2-4,7-8,10-13,19,22,33H,5-6,9,14-18H2,1H3,(H,31,36)(H,32,35)(H3,29,30,37)/t19-,22-/m1/s1. The van der Waals surface area contributed by atoms with Gasteiger partial charge in [-0.3, -0.25) is 14.4 Å². The molecule has 1 aliphatic rings. The van der Waals surface area contributed by atoms with Crippen molar-refractivity contribution in [1.82, 2.24) is 10.6 Å². The van der Waals surface area contributed by atoms with Gasteiger partial charge in [-0.25, -0.2) is 4.79 Å². The van der Waals surface area contributed by atoms with Crippen molar-refractivity contribution in [1.29, 1.82) is 0 Å². The molecule has 6 N–H and O–H groups in total. The van der Waals surface area contributed by atoms with Crippen LogP contribution in [0.4, 0.5) is 10.5 Å². The molecule has 2 atom stereocenters. The van der Waals surface area contributed by atoms with Crippen molar-refractivity contribution in [3.05, 3.63) is 65.7 Å². The number of benzene rings is 2. The van der Waals surface area contributed by atoms with Crippen LogP contribution in [0.1, 0.15) is 62.6 Å². The van der Waals surface area contributed by atoms with Gasteiger partial charge in [-0.2, -0.15) is 0 Å². The third-order valence-corrected chi connectivity index (χ3v) is 7.06. The van der Waals surface area contributed by atoms with Gasteiger partial charge in [0, 0.05) is 24.6 Å². The second-order valence-corrected chi connectivity index (χ2v) is 9.64. The maximum Gasteiger partial charge on any atom is 0.312 e. The van der Waals surface area contributed by atoms with Gasteiger partial charge in [0.05, 0.1) is 12.6 Å². The van der Waals surface area contributed by atoms with Crippen LogP contribution in [-0.4, -0.2) is 35.3 Å². The highest BCUT2D eigenvalue weighted by Gasteiger charge is 2.51. The number of carbonyl (C=O) groups is 4. The molecule has 0 unspecified atom stereocenters. The maximum absolute atomic E-state index is 13.5. The van der Waals surface area contributed by atoms with E-state index in [1.54, 1.807) is 24.3 Å². The summed E-state index contributed by atoms with van der Waals surface area (Å²) in [6.07, 6.45) is 2.39. The number of carbonyl (C=O) groups excluding carboxylic acids is 4. The highest BCUT2D eigenvalue weighted by Crippen LogP contribution is 2.44. The predicted molar refractivity (Wildman–Crippen MR) is 140 cm³/mol. The van der Waals surface area contributed by atoms with E-state index < -0.39 is 17.4 Å². The van der Waals surface area contributed by atoms with Crippen molar-refractivity contribution < 1.29 is 24.3 Å². The molecule has 0 bridgehead atoms. The van der Waals surface area contributed by atoms with Crippen molar-refractivity contribution in [2.45, 2.75) is 58.1 Å². The zero-order valence-electron chi connectivity index (χ0n) is 21.2. The van der Waals surface area contributed by atoms with Crippen LogP contribution in [0.2, 0.25) is 0 Å². The molecule has 0 aromatic heterocycles. The van der Waals surface area contributed by atoms with Gasteiger partial charge in [0.15, 0.2) is 0 Å². The molecule has 4 amide bonds. The summed E-state index contributed by atoms with van der Waals surface area (Å²) in [5.74, 6) is -1.56. The fourth-order valence-corrected chi connectivity index (χ4v) is 4.57. The third kappa shape index (κ3) is 7.39. The monoisotopic (exact) mass is 508 g/mol. The van der Waals surface area contributed by atoms with Gasteiger partial charge in [0.1, 0.15) is 11.2 Å². The largest absolute Gasteiger partial charge is 0.392 e. The molecule has 0 spiro atoms. The lowest BCUT2D eigenvalue weighted by Gasteiger charge is -2.40. The first-order valence-electron chi connectivity index (χ1n) is 12.7. The predicted octanol–water partition coefficient (Wildman–Crippen LogP) is 3.19. The fraction of sp³-hybridized carbons (Fsp3) is 0.429. The van der Waals surface area contributed by atoms with E-state index in [1.807, 2.05) is 37.3 Å². The lowest BCUT2D eigenvalue weighted by atomic mass is 9.63. The first kappa shape index (κ1) is 27.9. The lowest BCUT2D eigenvalue weighted by molar-refractivity contribution is -0.150. The first-order valence-corrected chi connectivity index (χ1v) is 12.7. The average molecular weight is 509 g/mol. The van der Waals surface area contributed by atoms with Crippen molar-refractivity contribution in [3.8, 4) is 0 Å². The molecule has 0 radical (unpaired) electrons. The first-order chi connectivity index (χ1) is 17.7. The maximum atomic E-state index is 13.5. The Morgan fingerprint density at radius 3 is 2.27 bits per heavy atom. The number of nitrogens with one attached hydrogen (secondary N) is 3. The molecular formula is C28H36N4O5. The Hall–Kier alpha value is -3.72. The summed E-state index contributed by atoms with van der Waals surface area (Å²) in [6.45, 7) is 2.05. The summed E-state index contributed by atoms with van der Waals surface area (Å²) in [5.41, 5.74) is 6.20.